The number of rotatable bonds is 7. The van der Waals surface area contributed by atoms with Crippen LogP contribution in [0.4, 0.5) is 4.79 Å². The van der Waals surface area contributed by atoms with E-state index in [-0.39, 0.29) is 24.4 Å². The van der Waals surface area contributed by atoms with E-state index in [0.717, 1.165) is 41.9 Å². The molecule has 4 amide bonds. The van der Waals surface area contributed by atoms with Gasteiger partial charge in [0.25, 0.3) is 5.91 Å². The first-order valence-electron chi connectivity index (χ1n) is 9.48. The average molecular weight is 373 g/mol. The van der Waals surface area contributed by atoms with E-state index in [4.69, 9.17) is 4.74 Å². The molecule has 1 atom stereocenters. The fraction of sp³-hybridized carbons (Fsp3) is 0.550. The van der Waals surface area contributed by atoms with Gasteiger partial charge in [0, 0.05) is 6.04 Å². The Morgan fingerprint density at radius 2 is 1.93 bits per heavy atom. The van der Waals surface area contributed by atoms with Gasteiger partial charge in [-0.15, -0.1) is 0 Å². The van der Waals surface area contributed by atoms with Crippen molar-refractivity contribution in [2.24, 2.45) is 0 Å². The first-order chi connectivity index (χ1) is 12.9. The quantitative estimate of drug-likeness (QED) is 0.716. The molecular formula is C20H27N3O4. The second-order valence-corrected chi connectivity index (χ2v) is 7.55. The zero-order chi connectivity index (χ0) is 19.4. The van der Waals surface area contributed by atoms with Crippen LogP contribution >= 0.6 is 0 Å². The summed E-state index contributed by atoms with van der Waals surface area (Å²) in [5.41, 5.74) is 0.0569. The number of hydrogen-bond acceptors (Lipinski definition) is 4. The second-order valence-electron chi connectivity index (χ2n) is 7.55. The van der Waals surface area contributed by atoms with Gasteiger partial charge >= 0.3 is 6.03 Å². The van der Waals surface area contributed by atoms with Crippen LogP contribution in [0.25, 0.3) is 0 Å². The first-order valence-corrected chi connectivity index (χ1v) is 9.48. The number of methoxy groups -OCH3 is 1. The summed E-state index contributed by atoms with van der Waals surface area (Å²) in [6.07, 6.45) is 5.24. The third-order valence-electron chi connectivity index (χ3n) is 5.44. The van der Waals surface area contributed by atoms with Crippen molar-refractivity contribution in [1.82, 2.24) is 15.5 Å². The molecule has 1 aromatic carbocycles. The summed E-state index contributed by atoms with van der Waals surface area (Å²) in [7, 11) is 1.61. The highest BCUT2D eigenvalue weighted by atomic mass is 16.5. The number of imide groups is 1. The van der Waals surface area contributed by atoms with E-state index in [1.165, 1.54) is 0 Å². The molecule has 7 nitrogen and oxygen atoms in total. The smallest absolute Gasteiger partial charge is 0.325 e. The molecule has 3 rings (SSSR count). The SMILES string of the molecule is COc1ccc(CC[C@@]2(C)NC(=O)N(CC(=O)NC3CCCC3)C2=O)cc1. The molecule has 7 heteroatoms. The Labute approximate surface area is 159 Å². The minimum absolute atomic E-state index is 0.166. The number of carbonyl (C=O) groups is 3. The molecule has 2 aliphatic rings. The van der Waals surface area contributed by atoms with Crippen molar-refractivity contribution in [3.63, 3.8) is 0 Å². The van der Waals surface area contributed by atoms with Gasteiger partial charge < -0.3 is 15.4 Å². The Balaban J connectivity index is 1.56. The standard InChI is InChI=1S/C20H27N3O4/c1-20(12-11-14-7-9-16(27-2)10-8-14)18(25)23(19(26)22-20)13-17(24)21-15-5-3-4-6-15/h7-10,15H,3-6,11-13H2,1-2H3,(H,21,24)(H,22,26)/t20-/m1/s1. The molecule has 2 N–H and O–H groups in total. The van der Waals surface area contributed by atoms with Gasteiger partial charge in [-0.25, -0.2) is 4.79 Å². The minimum Gasteiger partial charge on any atom is -0.497 e. The number of nitrogens with zero attached hydrogens (tertiary/aromatic N) is 1. The van der Waals surface area contributed by atoms with Gasteiger partial charge in [-0.05, 0) is 50.3 Å². The predicted octanol–water partition coefficient (Wildman–Crippen LogP) is 2.00. The number of hydrogen-bond donors (Lipinski definition) is 2. The van der Waals surface area contributed by atoms with Crippen LogP contribution in [0.1, 0.15) is 44.6 Å². The van der Waals surface area contributed by atoms with Crippen molar-refractivity contribution in [2.45, 2.75) is 57.0 Å². The van der Waals surface area contributed by atoms with E-state index in [2.05, 4.69) is 10.6 Å². The van der Waals surface area contributed by atoms with Crippen molar-refractivity contribution in [2.75, 3.05) is 13.7 Å². The fourth-order valence-corrected chi connectivity index (χ4v) is 3.73. The number of urea groups is 1. The molecule has 1 aliphatic heterocycles. The summed E-state index contributed by atoms with van der Waals surface area (Å²) in [5, 5.41) is 5.67. The van der Waals surface area contributed by atoms with Crippen molar-refractivity contribution in [3.05, 3.63) is 29.8 Å². The van der Waals surface area contributed by atoms with Gasteiger partial charge in [-0.2, -0.15) is 0 Å². The maximum absolute atomic E-state index is 12.8. The maximum atomic E-state index is 12.8. The highest BCUT2D eigenvalue weighted by Gasteiger charge is 2.47. The lowest BCUT2D eigenvalue weighted by Gasteiger charge is -2.22. The van der Waals surface area contributed by atoms with E-state index in [9.17, 15) is 14.4 Å². The van der Waals surface area contributed by atoms with Crippen molar-refractivity contribution >= 4 is 17.8 Å². The molecule has 1 heterocycles. The molecule has 1 saturated heterocycles. The summed E-state index contributed by atoms with van der Waals surface area (Å²) in [6, 6.07) is 7.28. The number of carbonyl (C=O) groups excluding carboxylic acids is 3. The lowest BCUT2D eigenvalue weighted by Crippen LogP contribution is -2.46. The van der Waals surface area contributed by atoms with Gasteiger partial charge in [0.1, 0.15) is 17.8 Å². The molecule has 2 fully saturated rings. The topological polar surface area (TPSA) is 87.7 Å². The van der Waals surface area contributed by atoms with E-state index >= 15 is 0 Å². The van der Waals surface area contributed by atoms with Crippen LogP contribution < -0.4 is 15.4 Å². The first kappa shape index (κ1) is 19.2. The van der Waals surface area contributed by atoms with Crippen molar-refractivity contribution < 1.29 is 19.1 Å². The van der Waals surface area contributed by atoms with Crippen LogP contribution in [0.2, 0.25) is 0 Å². The highest BCUT2D eigenvalue weighted by molar-refractivity contribution is 6.08. The zero-order valence-electron chi connectivity index (χ0n) is 15.9. The van der Waals surface area contributed by atoms with Crippen molar-refractivity contribution in [3.8, 4) is 5.75 Å². The Morgan fingerprint density at radius 1 is 1.26 bits per heavy atom. The molecule has 1 saturated carbocycles. The molecule has 0 bridgehead atoms. The predicted molar refractivity (Wildman–Crippen MR) is 100 cm³/mol. The number of ether oxygens (including phenoxy) is 1. The molecule has 0 aromatic heterocycles. The minimum atomic E-state index is -0.995. The molecule has 146 valence electrons. The zero-order valence-corrected chi connectivity index (χ0v) is 15.9. The van der Waals surface area contributed by atoms with Gasteiger partial charge in [-0.3, -0.25) is 14.5 Å². The monoisotopic (exact) mass is 373 g/mol. The van der Waals surface area contributed by atoms with Crippen molar-refractivity contribution in [1.29, 1.82) is 0 Å². The number of nitrogens with one attached hydrogen (secondary N) is 2. The van der Waals surface area contributed by atoms with Crippen LogP contribution in [-0.2, 0) is 16.0 Å². The third-order valence-corrected chi connectivity index (χ3v) is 5.44. The normalized spacial score (nSPS) is 22.8. The van der Waals surface area contributed by atoms with E-state index in [1.807, 2.05) is 24.3 Å². The van der Waals surface area contributed by atoms with E-state index < -0.39 is 11.6 Å². The summed E-state index contributed by atoms with van der Waals surface area (Å²) < 4.78 is 5.14. The Morgan fingerprint density at radius 3 is 2.56 bits per heavy atom. The van der Waals surface area contributed by atoms with E-state index in [0.29, 0.717) is 12.8 Å². The summed E-state index contributed by atoms with van der Waals surface area (Å²) >= 11 is 0. The summed E-state index contributed by atoms with van der Waals surface area (Å²) in [6.45, 7) is 1.49. The van der Waals surface area contributed by atoms with Gasteiger partial charge in [-0.1, -0.05) is 25.0 Å². The van der Waals surface area contributed by atoms with Crippen LogP contribution in [0.5, 0.6) is 5.75 Å². The number of benzene rings is 1. The average Bonchev–Trinajstić information content (AvgIpc) is 3.23. The molecule has 1 aliphatic carbocycles. The Kier molecular flexibility index (Phi) is 5.68. The highest BCUT2D eigenvalue weighted by Crippen LogP contribution is 2.24. The lowest BCUT2D eigenvalue weighted by atomic mass is 9.93. The molecule has 27 heavy (non-hydrogen) atoms. The molecule has 0 unspecified atom stereocenters. The second kappa shape index (κ2) is 7.98. The number of aryl methyl sites for hydroxylation is 1. The third kappa shape index (κ3) is 4.40. The van der Waals surface area contributed by atoms with Crippen LogP contribution in [-0.4, -0.2) is 48.0 Å². The Bertz CT molecular complexity index is 712. The summed E-state index contributed by atoms with van der Waals surface area (Å²) in [5.74, 6) is 0.155. The Hall–Kier alpha value is -2.57. The maximum Gasteiger partial charge on any atom is 0.325 e. The van der Waals surface area contributed by atoms with E-state index in [1.54, 1.807) is 14.0 Å². The molecule has 1 aromatic rings. The van der Waals surface area contributed by atoms with Crippen LogP contribution in [0, 0.1) is 0 Å². The molecule has 0 spiro atoms. The lowest BCUT2D eigenvalue weighted by molar-refractivity contribution is -0.134. The number of amides is 4. The van der Waals surface area contributed by atoms with Crippen LogP contribution in [0.15, 0.2) is 24.3 Å². The fourth-order valence-electron chi connectivity index (χ4n) is 3.73. The largest absolute Gasteiger partial charge is 0.497 e. The molecule has 0 radical (unpaired) electrons. The van der Waals surface area contributed by atoms with Crippen LogP contribution in [0.3, 0.4) is 0 Å². The van der Waals surface area contributed by atoms with Gasteiger partial charge in [0.15, 0.2) is 0 Å². The van der Waals surface area contributed by atoms with Gasteiger partial charge in [0.05, 0.1) is 7.11 Å². The summed E-state index contributed by atoms with van der Waals surface area (Å²) in [4.78, 5) is 38.3. The van der Waals surface area contributed by atoms with Gasteiger partial charge in [0.2, 0.25) is 5.91 Å². The molecular weight excluding hydrogens is 346 g/mol.